The third kappa shape index (κ3) is 11.7. The van der Waals surface area contributed by atoms with Crippen LogP contribution in [0.5, 0.6) is 0 Å². The molecule has 0 saturated heterocycles. The summed E-state index contributed by atoms with van der Waals surface area (Å²) in [6.45, 7) is 9.86. The Kier molecular flexibility index (Phi) is 14.3. The highest BCUT2D eigenvalue weighted by Crippen LogP contribution is 2.33. The summed E-state index contributed by atoms with van der Waals surface area (Å²) in [5.41, 5.74) is 0.554. The Morgan fingerprint density at radius 1 is 0.812 bits per heavy atom. The Bertz CT molecular complexity index is 609. The molecule has 1 aromatic rings. The molecule has 0 aliphatic carbocycles. The molecule has 1 aromatic carbocycles. The van der Waals surface area contributed by atoms with E-state index in [2.05, 4.69) is 6.92 Å². The fourth-order valence-corrected chi connectivity index (χ4v) is 4.18. The fourth-order valence-electron chi connectivity index (χ4n) is 4.18. The SMILES string of the molecule is CCCCCCCCC(CCCCCc1ccc(F)cc1F)C(O)(OC(C)C)OC(C)C. The van der Waals surface area contributed by atoms with Crippen LogP contribution in [-0.2, 0) is 15.9 Å². The smallest absolute Gasteiger partial charge is 0.283 e. The predicted molar refractivity (Wildman–Crippen MR) is 127 cm³/mol. The number of ether oxygens (including phenoxy) is 2. The number of aryl methyl sites for hydroxylation is 1. The summed E-state index contributed by atoms with van der Waals surface area (Å²) in [6, 6.07) is 3.78. The third-order valence-corrected chi connectivity index (χ3v) is 5.74. The van der Waals surface area contributed by atoms with Crippen LogP contribution < -0.4 is 0 Å². The average Bonchev–Trinajstić information content (AvgIpc) is 2.68. The van der Waals surface area contributed by atoms with Crippen molar-refractivity contribution in [2.24, 2.45) is 5.92 Å². The van der Waals surface area contributed by atoms with Crippen LogP contribution in [0.25, 0.3) is 0 Å². The van der Waals surface area contributed by atoms with Crippen molar-refractivity contribution in [1.29, 1.82) is 0 Å². The molecule has 0 fully saturated rings. The zero-order chi connectivity index (χ0) is 24.0. The topological polar surface area (TPSA) is 38.7 Å². The van der Waals surface area contributed by atoms with E-state index >= 15 is 0 Å². The minimum atomic E-state index is -1.59. The standard InChI is InChI=1S/C27H46F2O3/c1-6-7-8-9-10-13-16-24(27(30,31-21(2)3)32-22(4)5)17-14-11-12-15-23-18-19-25(28)20-26(23)29/h18-22,24,30H,6-17H2,1-5H3. The average molecular weight is 457 g/mol. The number of unbranched alkanes of at least 4 members (excludes halogenated alkanes) is 7. The van der Waals surface area contributed by atoms with Gasteiger partial charge in [-0.15, -0.1) is 0 Å². The quantitative estimate of drug-likeness (QED) is 0.180. The Balaban J connectivity index is 2.63. The van der Waals surface area contributed by atoms with Crippen LogP contribution in [0.2, 0.25) is 0 Å². The Morgan fingerprint density at radius 2 is 1.34 bits per heavy atom. The van der Waals surface area contributed by atoms with E-state index in [1.165, 1.54) is 37.8 Å². The van der Waals surface area contributed by atoms with E-state index in [0.29, 0.717) is 12.0 Å². The van der Waals surface area contributed by atoms with Gasteiger partial charge in [0.2, 0.25) is 0 Å². The van der Waals surface area contributed by atoms with Crippen molar-refractivity contribution in [3.63, 3.8) is 0 Å². The minimum absolute atomic E-state index is 0.110. The molecule has 0 aliphatic rings. The first-order valence-corrected chi connectivity index (χ1v) is 12.7. The van der Waals surface area contributed by atoms with Gasteiger partial charge in [0, 0.05) is 12.0 Å². The van der Waals surface area contributed by atoms with Gasteiger partial charge in [0.25, 0.3) is 5.97 Å². The van der Waals surface area contributed by atoms with Gasteiger partial charge in [0.05, 0.1) is 12.2 Å². The molecular formula is C27H46F2O3. The minimum Gasteiger partial charge on any atom is -0.343 e. The number of hydrogen-bond donors (Lipinski definition) is 1. The summed E-state index contributed by atoms with van der Waals surface area (Å²) in [6.07, 6.45) is 11.7. The molecule has 186 valence electrons. The highest BCUT2D eigenvalue weighted by molar-refractivity contribution is 5.18. The molecule has 1 N–H and O–H groups in total. The van der Waals surface area contributed by atoms with E-state index in [1.807, 2.05) is 27.7 Å². The highest BCUT2D eigenvalue weighted by Gasteiger charge is 2.40. The van der Waals surface area contributed by atoms with Crippen molar-refractivity contribution in [2.45, 2.75) is 130 Å². The molecule has 32 heavy (non-hydrogen) atoms. The van der Waals surface area contributed by atoms with Gasteiger partial charge in [-0.05, 0) is 65.0 Å². The van der Waals surface area contributed by atoms with Gasteiger partial charge in [-0.2, -0.15) is 0 Å². The molecule has 3 nitrogen and oxygen atoms in total. The van der Waals surface area contributed by atoms with Crippen molar-refractivity contribution < 1.29 is 23.4 Å². The summed E-state index contributed by atoms with van der Waals surface area (Å²) in [5, 5.41) is 11.3. The molecule has 5 heteroatoms. The van der Waals surface area contributed by atoms with Gasteiger partial charge in [0.1, 0.15) is 11.6 Å². The molecule has 1 rings (SSSR count). The number of hydrogen-bond acceptors (Lipinski definition) is 3. The molecule has 0 heterocycles. The monoisotopic (exact) mass is 456 g/mol. The summed E-state index contributed by atoms with van der Waals surface area (Å²) < 4.78 is 38.7. The molecule has 0 amide bonds. The molecule has 1 atom stereocenters. The van der Waals surface area contributed by atoms with E-state index < -0.39 is 17.6 Å². The second-order valence-electron chi connectivity index (χ2n) is 9.55. The lowest BCUT2D eigenvalue weighted by Gasteiger charge is -2.38. The second-order valence-corrected chi connectivity index (χ2v) is 9.55. The van der Waals surface area contributed by atoms with Crippen LogP contribution in [0, 0.1) is 17.6 Å². The fraction of sp³-hybridized carbons (Fsp3) is 0.778. The molecule has 0 radical (unpaired) electrons. The third-order valence-electron chi connectivity index (χ3n) is 5.74. The first kappa shape index (κ1) is 29.0. The van der Waals surface area contributed by atoms with Crippen molar-refractivity contribution in [2.75, 3.05) is 0 Å². The zero-order valence-electron chi connectivity index (χ0n) is 21.0. The largest absolute Gasteiger partial charge is 0.343 e. The summed E-state index contributed by atoms with van der Waals surface area (Å²) in [7, 11) is 0. The van der Waals surface area contributed by atoms with Gasteiger partial charge in [-0.3, -0.25) is 0 Å². The Morgan fingerprint density at radius 3 is 1.88 bits per heavy atom. The molecule has 0 aromatic heterocycles. The molecule has 1 unspecified atom stereocenters. The Labute approximate surface area is 194 Å². The maximum absolute atomic E-state index is 13.8. The summed E-state index contributed by atoms with van der Waals surface area (Å²) in [4.78, 5) is 0. The van der Waals surface area contributed by atoms with Crippen LogP contribution in [-0.4, -0.2) is 23.3 Å². The Hall–Kier alpha value is -1.04. The molecule has 0 bridgehead atoms. The van der Waals surface area contributed by atoms with Crippen LogP contribution in [0.3, 0.4) is 0 Å². The highest BCUT2D eigenvalue weighted by atomic mass is 19.1. The first-order valence-electron chi connectivity index (χ1n) is 12.7. The van der Waals surface area contributed by atoms with Gasteiger partial charge >= 0.3 is 0 Å². The number of aliphatic hydroxyl groups is 1. The number of halogens is 2. The molecular weight excluding hydrogens is 410 g/mol. The lowest BCUT2D eigenvalue weighted by Crippen LogP contribution is -2.47. The van der Waals surface area contributed by atoms with Gasteiger partial charge in [-0.25, -0.2) is 8.78 Å². The van der Waals surface area contributed by atoms with E-state index in [-0.39, 0.29) is 18.1 Å². The van der Waals surface area contributed by atoms with E-state index in [0.717, 1.165) is 51.0 Å². The first-order chi connectivity index (χ1) is 15.2. The second kappa shape index (κ2) is 15.7. The van der Waals surface area contributed by atoms with Gasteiger partial charge < -0.3 is 14.6 Å². The van der Waals surface area contributed by atoms with Gasteiger partial charge in [0.15, 0.2) is 0 Å². The van der Waals surface area contributed by atoms with Crippen molar-refractivity contribution in [3.8, 4) is 0 Å². The van der Waals surface area contributed by atoms with Crippen LogP contribution in [0.4, 0.5) is 8.78 Å². The van der Waals surface area contributed by atoms with Crippen LogP contribution in [0.1, 0.15) is 111 Å². The van der Waals surface area contributed by atoms with Crippen LogP contribution in [0.15, 0.2) is 18.2 Å². The van der Waals surface area contributed by atoms with Gasteiger partial charge in [-0.1, -0.05) is 64.4 Å². The van der Waals surface area contributed by atoms with E-state index in [9.17, 15) is 13.9 Å². The van der Waals surface area contributed by atoms with E-state index in [4.69, 9.17) is 9.47 Å². The van der Waals surface area contributed by atoms with E-state index in [1.54, 1.807) is 0 Å². The normalized spacial score (nSPS) is 13.3. The zero-order valence-corrected chi connectivity index (χ0v) is 21.0. The lowest BCUT2D eigenvalue weighted by atomic mass is 9.91. The molecule has 0 aliphatic heterocycles. The predicted octanol–water partition coefficient (Wildman–Crippen LogP) is 7.93. The van der Waals surface area contributed by atoms with Crippen LogP contribution >= 0.6 is 0 Å². The maximum Gasteiger partial charge on any atom is 0.283 e. The van der Waals surface area contributed by atoms with Crippen molar-refractivity contribution in [1.82, 2.24) is 0 Å². The molecule has 0 saturated carbocycles. The summed E-state index contributed by atoms with van der Waals surface area (Å²) >= 11 is 0. The number of benzene rings is 1. The number of rotatable bonds is 18. The lowest BCUT2D eigenvalue weighted by molar-refractivity contribution is -0.407. The summed E-state index contributed by atoms with van der Waals surface area (Å²) in [5.74, 6) is -2.72. The maximum atomic E-state index is 13.8. The van der Waals surface area contributed by atoms with Crippen molar-refractivity contribution >= 4 is 0 Å². The molecule has 0 spiro atoms. The van der Waals surface area contributed by atoms with Crippen molar-refractivity contribution in [3.05, 3.63) is 35.4 Å².